The Kier molecular flexibility index (Phi) is 12.1. The van der Waals surface area contributed by atoms with Gasteiger partial charge in [0.05, 0.1) is 66.6 Å². The van der Waals surface area contributed by atoms with Gasteiger partial charge in [-0.15, -0.1) is 0 Å². The summed E-state index contributed by atoms with van der Waals surface area (Å²) < 4.78 is 53.7. The first-order valence-corrected chi connectivity index (χ1v) is 20.4. The van der Waals surface area contributed by atoms with Crippen molar-refractivity contribution < 1.29 is 48.1 Å². The molecule has 0 bridgehead atoms. The average molecular weight is 725 g/mol. The van der Waals surface area contributed by atoms with Crippen LogP contribution < -0.4 is 0 Å². The van der Waals surface area contributed by atoms with E-state index in [4.69, 9.17) is 37.9 Å². The van der Waals surface area contributed by atoms with Gasteiger partial charge in [-0.3, -0.25) is 0 Å². The lowest BCUT2D eigenvalue weighted by atomic mass is 9.78. The second-order valence-corrected chi connectivity index (χ2v) is 18.6. The van der Waals surface area contributed by atoms with E-state index in [1.165, 1.54) is 0 Å². The van der Waals surface area contributed by atoms with Crippen LogP contribution >= 0.6 is 0 Å². The third-order valence-electron chi connectivity index (χ3n) is 14.7. The van der Waals surface area contributed by atoms with Crippen molar-refractivity contribution in [3.8, 4) is 0 Å². The molecule has 296 valence electrons. The van der Waals surface area contributed by atoms with Crippen molar-refractivity contribution in [2.45, 2.75) is 192 Å². The highest BCUT2D eigenvalue weighted by molar-refractivity contribution is 5.09. The largest absolute Gasteiger partial charge is 0.396 e. The third kappa shape index (κ3) is 7.24. The second kappa shape index (κ2) is 15.3. The van der Waals surface area contributed by atoms with Gasteiger partial charge in [0.2, 0.25) is 0 Å². The molecule has 0 aliphatic carbocycles. The highest BCUT2D eigenvalue weighted by Gasteiger charge is 2.65. The number of ether oxygens (including phenoxy) is 8. The van der Waals surface area contributed by atoms with Crippen LogP contribution in [-0.2, 0) is 37.9 Å². The minimum Gasteiger partial charge on any atom is -0.396 e. The Morgan fingerprint density at radius 1 is 0.784 bits per heavy atom. The fourth-order valence-electron chi connectivity index (χ4n) is 11.6. The summed E-state index contributed by atoms with van der Waals surface area (Å²) in [6.45, 7) is 19.8. The highest BCUT2D eigenvalue weighted by atomic mass is 16.7. The SMILES string of the molecule is CO[C@@H]1C[C@@H](C[C@H]2CC[C@H](C)[C@H]([C@@H](C)CO)O2)OC2(O[C@](C)([C@H]3CC[C@@](C)([C@@H]4O[C@@H]([C@H]5O[C@](CO)(OC)C(C)CC5C)C[C@@H]4C)O3)C[C@H]2C)[C@@H]1C. The molecule has 3 unspecified atom stereocenters. The maximum absolute atomic E-state index is 10.3. The van der Waals surface area contributed by atoms with Crippen LogP contribution in [0.1, 0.15) is 120 Å². The van der Waals surface area contributed by atoms with Crippen molar-refractivity contribution >= 4 is 0 Å². The Morgan fingerprint density at radius 3 is 2.20 bits per heavy atom. The fraction of sp³-hybridized carbons (Fsp3) is 1.00. The van der Waals surface area contributed by atoms with Gasteiger partial charge in [-0.05, 0) is 76.5 Å². The van der Waals surface area contributed by atoms with Crippen LogP contribution in [-0.4, -0.2) is 109 Å². The molecule has 6 fully saturated rings. The Labute approximate surface area is 308 Å². The zero-order valence-corrected chi connectivity index (χ0v) is 33.6. The zero-order chi connectivity index (χ0) is 37.1. The Balaban J connectivity index is 1.13. The second-order valence-electron chi connectivity index (χ2n) is 18.6. The number of hydrogen-bond donors (Lipinski definition) is 2. The van der Waals surface area contributed by atoms with E-state index in [9.17, 15) is 10.2 Å². The molecule has 19 atom stereocenters. The van der Waals surface area contributed by atoms with Gasteiger partial charge < -0.3 is 48.1 Å². The molecule has 0 aromatic carbocycles. The lowest BCUT2D eigenvalue weighted by Crippen LogP contribution is -2.58. The lowest BCUT2D eigenvalue weighted by Gasteiger charge is -2.50. The number of rotatable bonds is 10. The topological polar surface area (TPSA) is 114 Å². The Hall–Kier alpha value is -0.400. The van der Waals surface area contributed by atoms with Crippen molar-refractivity contribution in [2.24, 2.45) is 41.4 Å². The fourth-order valence-corrected chi connectivity index (χ4v) is 11.6. The average Bonchev–Trinajstić information content (AvgIpc) is 3.77. The van der Waals surface area contributed by atoms with Crippen molar-refractivity contribution in [1.29, 1.82) is 0 Å². The van der Waals surface area contributed by atoms with E-state index < -0.39 is 22.8 Å². The van der Waals surface area contributed by atoms with Crippen LogP contribution in [0.5, 0.6) is 0 Å². The summed E-state index contributed by atoms with van der Waals surface area (Å²) in [6, 6.07) is 0. The number of aliphatic hydroxyl groups is 2. The molecule has 6 saturated heterocycles. The van der Waals surface area contributed by atoms with E-state index >= 15 is 0 Å². The lowest BCUT2D eigenvalue weighted by molar-refractivity contribution is -0.353. The van der Waals surface area contributed by atoms with Crippen molar-refractivity contribution in [1.82, 2.24) is 0 Å². The van der Waals surface area contributed by atoms with Gasteiger partial charge >= 0.3 is 0 Å². The number of methoxy groups -OCH3 is 2. The molecular weight excluding hydrogens is 652 g/mol. The van der Waals surface area contributed by atoms with Gasteiger partial charge in [0.15, 0.2) is 11.6 Å². The van der Waals surface area contributed by atoms with Crippen molar-refractivity contribution in [2.75, 3.05) is 27.4 Å². The molecule has 1 spiro atoms. The van der Waals surface area contributed by atoms with Crippen LogP contribution in [0.25, 0.3) is 0 Å². The summed E-state index contributed by atoms with van der Waals surface area (Å²) in [5.41, 5.74) is -0.985. The molecule has 0 amide bonds. The predicted octanol–water partition coefficient (Wildman–Crippen LogP) is 6.27. The van der Waals surface area contributed by atoms with E-state index in [2.05, 4.69) is 62.3 Å². The van der Waals surface area contributed by atoms with E-state index in [1.807, 2.05) is 7.11 Å². The molecule has 51 heavy (non-hydrogen) atoms. The first kappa shape index (κ1) is 40.3. The highest BCUT2D eigenvalue weighted by Crippen LogP contribution is 2.57. The van der Waals surface area contributed by atoms with Crippen LogP contribution in [0.4, 0.5) is 0 Å². The first-order chi connectivity index (χ1) is 24.1. The monoisotopic (exact) mass is 725 g/mol. The maximum Gasteiger partial charge on any atom is 0.194 e. The molecule has 2 N–H and O–H groups in total. The molecular formula is C41H72O10. The first-order valence-electron chi connectivity index (χ1n) is 20.4. The summed E-state index contributed by atoms with van der Waals surface area (Å²) in [5, 5.41) is 20.1. The van der Waals surface area contributed by atoms with Gasteiger partial charge in [-0.1, -0.05) is 48.5 Å². The standard InChI is InChI=1S/C41H72O10/c1-23-12-13-30(46-35(23)26(4)21-42)18-31-19-32(44-10)29(7)41(48-31)28(6)20-39(9,51-41)34-14-15-38(8,49-34)37-25(3)17-33(47-37)36-24(2)16-27(5)40(22-43,45-11)50-36/h23-37,42-43H,12-22H2,1-11H3/t23-,24?,25-,26-,27?,28+,29+,30+,31+,32+,33+,34+,35+,36-,37+,38-,39-,40-,41?/m0/s1. The molecule has 0 aromatic rings. The minimum atomic E-state index is -0.996. The van der Waals surface area contributed by atoms with Crippen LogP contribution in [0.2, 0.25) is 0 Å². The molecule has 10 nitrogen and oxygen atoms in total. The molecule has 0 radical (unpaired) electrons. The molecule has 0 aromatic heterocycles. The van der Waals surface area contributed by atoms with E-state index in [1.54, 1.807) is 7.11 Å². The molecule has 6 heterocycles. The van der Waals surface area contributed by atoms with Gasteiger partial charge in [0.1, 0.15) is 0 Å². The summed E-state index contributed by atoms with van der Waals surface area (Å²) in [4.78, 5) is 0. The summed E-state index contributed by atoms with van der Waals surface area (Å²) in [5.74, 6) is -0.370. The molecule has 6 rings (SSSR count). The van der Waals surface area contributed by atoms with E-state index in [-0.39, 0.29) is 97.6 Å². The Bertz CT molecular complexity index is 1160. The van der Waals surface area contributed by atoms with Gasteiger partial charge in [-0.2, -0.15) is 0 Å². The predicted molar refractivity (Wildman–Crippen MR) is 193 cm³/mol. The molecule has 6 aliphatic heterocycles. The summed E-state index contributed by atoms with van der Waals surface area (Å²) in [6.07, 6.45) is 7.80. The van der Waals surface area contributed by atoms with Crippen LogP contribution in [0, 0.1) is 41.4 Å². The summed E-state index contributed by atoms with van der Waals surface area (Å²) in [7, 11) is 3.44. The number of aliphatic hydroxyl groups excluding tert-OH is 2. The quantitative estimate of drug-likeness (QED) is 0.268. The number of hydrogen-bond acceptors (Lipinski definition) is 10. The van der Waals surface area contributed by atoms with Crippen LogP contribution in [0.3, 0.4) is 0 Å². The normalized spacial score (nSPS) is 54.3. The minimum absolute atomic E-state index is 0.0118. The van der Waals surface area contributed by atoms with Gasteiger partial charge in [0, 0.05) is 57.3 Å². The molecule has 0 saturated carbocycles. The summed E-state index contributed by atoms with van der Waals surface area (Å²) >= 11 is 0. The zero-order valence-electron chi connectivity index (χ0n) is 33.6. The van der Waals surface area contributed by atoms with Crippen molar-refractivity contribution in [3.05, 3.63) is 0 Å². The third-order valence-corrected chi connectivity index (χ3v) is 14.7. The molecule has 6 aliphatic rings. The molecule has 10 heteroatoms. The van der Waals surface area contributed by atoms with Gasteiger partial charge in [0.25, 0.3) is 0 Å². The van der Waals surface area contributed by atoms with E-state index in [0.717, 1.165) is 57.8 Å². The van der Waals surface area contributed by atoms with E-state index in [0.29, 0.717) is 5.92 Å². The Morgan fingerprint density at radius 2 is 1.53 bits per heavy atom. The maximum atomic E-state index is 10.3. The smallest absolute Gasteiger partial charge is 0.194 e. The van der Waals surface area contributed by atoms with Crippen LogP contribution in [0.15, 0.2) is 0 Å². The van der Waals surface area contributed by atoms with Crippen molar-refractivity contribution in [3.63, 3.8) is 0 Å². The van der Waals surface area contributed by atoms with Gasteiger partial charge in [-0.25, -0.2) is 0 Å².